The maximum Gasteiger partial charge on any atom is 0.227 e. The van der Waals surface area contributed by atoms with Gasteiger partial charge in [-0.1, -0.05) is 121 Å². The molecule has 0 saturated heterocycles. The number of hydrogen-bond donors (Lipinski definition) is 2. The zero-order chi connectivity index (χ0) is 23.0. The molecular weight excluding hydrogens is 406 g/mol. The van der Waals surface area contributed by atoms with E-state index in [9.17, 15) is 10.2 Å². The lowest BCUT2D eigenvalue weighted by Crippen LogP contribution is -2.41. The van der Waals surface area contributed by atoms with Gasteiger partial charge in [0, 0.05) is 12.1 Å². The molecule has 4 aromatic rings. The normalized spacial score (nSPS) is 12.5. The predicted octanol–water partition coefficient (Wildman–Crippen LogP) is 5.52. The number of amidine groups is 1. The van der Waals surface area contributed by atoms with E-state index in [0.29, 0.717) is 12.4 Å². The molecule has 164 valence electrons. The number of nitrogens with two attached hydrogens (primary N) is 1. The SMILES string of the molecule is N=C(c1ccccc1)N(Cc1ccccc1)[C@@H](c1ccccc1)[C@H](C(N)=O)c1ccccc1. The number of benzene rings is 4. The number of carbonyl (C=O) groups is 1. The number of rotatable bonds is 8. The zero-order valence-electron chi connectivity index (χ0n) is 18.3. The first-order chi connectivity index (χ1) is 16.1. The maximum absolute atomic E-state index is 13.0. The number of hydrogen-bond acceptors (Lipinski definition) is 2. The van der Waals surface area contributed by atoms with Gasteiger partial charge in [0.2, 0.25) is 5.91 Å². The van der Waals surface area contributed by atoms with Gasteiger partial charge in [-0.05, 0) is 16.7 Å². The van der Waals surface area contributed by atoms with Crippen LogP contribution in [0.1, 0.15) is 34.2 Å². The third-order valence-electron chi connectivity index (χ3n) is 5.79. The van der Waals surface area contributed by atoms with Crippen LogP contribution >= 0.6 is 0 Å². The Morgan fingerprint density at radius 1 is 0.697 bits per heavy atom. The van der Waals surface area contributed by atoms with E-state index >= 15 is 0 Å². The van der Waals surface area contributed by atoms with Gasteiger partial charge in [0.1, 0.15) is 5.84 Å². The van der Waals surface area contributed by atoms with E-state index < -0.39 is 17.9 Å². The Kier molecular flexibility index (Phi) is 6.96. The van der Waals surface area contributed by atoms with E-state index in [1.54, 1.807) is 0 Å². The Hall–Kier alpha value is -4.18. The van der Waals surface area contributed by atoms with Crippen LogP contribution in [0.2, 0.25) is 0 Å². The topological polar surface area (TPSA) is 70.2 Å². The first-order valence-electron chi connectivity index (χ1n) is 11.0. The number of carbonyl (C=O) groups excluding carboxylic acids is 1. The molecule has 0 fully saturated rings. The predicted molar refractivity (Wildman–Crippen MR) is 133 cm³/mol. The lowest BCUT2D eigenvalue weighted by atomic mass is 9.84. The highest BCUT2D eigenvalue weighted by molar-refractivity contribution is 5.97. The van der Waals surface area contributed by atoms with Gasteiger partial charge in [0.15, 0.2) is 0 Å². The molecule has 4 rings (SSSR count). The molecule has 0 aromatic heterocycles. The molecule has 0 aliphatic rings. The second-order valence-electron chi connectivity index (χ2n) is 7.97. The fraction of sp³-hybridized carbons (Fsp3) is 0.103. The smallest absolute Gasteiger partial charge is 0.227 e. The van der Waals surface area contributed by atoms with Gasteiger partial charge in [-0.15, -0.1) is 0 Å². The van der Waals surface area contributed by atoms with Gasteiger partial charge in [0.05, 0.1) is 12.0 Å². The van der Waals surface area contributed by atoms with Gasteiger partial charge >= 0.3 is 0 Å². The average molecular weight is 434 g/mol. The minimum Gasteiger partial charge on any atom is -0.369 e. The Morgan fingerprint density at radius 2 is 1.15 bits per heavy atom. The summed E-state index contributed by atoms with van der Waals surface area (Å²) in [5, 5.41) is 9.19. The molecule has 3 N–H and O–H groups in total. The van der Waals surface area contributed by atoms with Crippen molar-refractivity contribution in [3.63, 3.8) is 0 Å². The largest absolute Gasteiger partial charge is 0.369 e. The fourth-order valence-electron chi connectivity index (χ4n) is 4.22. The lowest BCUT2D eigenvalue weighted by molar-refractivity contribution is -0.120. The molecule has 0 unspecified atom stereocenters. The van der Waals surface area contributed by atoms with Crippen molar-refractivity contribution in [1.29, 1.82) is 5.41 Å². The summed E-state index contributed by atoms with van der Waals surface area (Å²) >= 11 is 0. The Balaban J connectivity index is 1.89. The van der Waals surface area contributed by atoms with E-state index in [1.807, 2.05) is 126 Å². The van der Waals surface area contributed by atoms with Crippen molar-refractivity contribution in [1.82, 2.24) is 4.90 Å². The summed E-state index contributed by atoms with van der Waals surface area (Å²) < 4.78 is 0. The van der Waals surface area contributed by atoms with Gasteiger partial charge in [-0.3, -0.25) is 10.2 Å². The van der Waals surface area contributed by atoms with Crippen LogP contribution in [-0.2, 0) is 11.3 Å². The molecule has 4 heteroatoms. The molecule has 2 atom stereocenters. The summed E-state index contributed by atoms with van der Waals surface area (Å²) in [5.41, 5.74) is 9.64. The van der Waals surface area contributed by atoms with Crippen LogP contribution in [0.25, 0.3) is 0 Å². The van der Waals surface area contributed by atoms with Crippen molar-refractivity contribution in [2.75, 3.05) is 0 Å². The Labute approximate surface area is 194 Å². The van der Waals surface area contributed by atoms with Crippen LogP contribution in [0.5, 0.6) is 0 Å². The van der Waals surface area contributed by atoms with E-state index in [0.717, 1.165) is 22.3 Å². The molecule has 0 saturated carbocycles. The minimum atomic E-state index is -0.638. The van der Waals surface area contributed by atoms with Crippen molar-refractivity contribution < 1.29 is 4.79 Å². The Morgan fingerprint density at radius 3 is 1.67 bits per heavy atom. The van der Waals surface area contributed by atoms with E-state index in [4.69, 9.17) is 5.73 Å². The summed E-state index contributed by atoms with van der Waals surface area (Å²) in [7, 11) is 0. The molecule has 4 nitrogen and oxygen atoms in total. The third-order valence-corrected chi connectivity index (χ3v) is 5.79. The second-order valence-corrected chi connectivity index (χ2v) is 7.97. The first kappa shape index (κ1) is 22.0. The number of nitrogens with one attached hydrogen (secondary N) is 1. The van der Waals surface area contributed by atoms with Crippen molar-refractivity contribution in [2.24, 2.45) is 5.73 Å². The number of nitrogens with zero attached hydrogens (tertiary/aromatic N) is 1. The number of amides is 1. The molecule has 0 aliphatic heterocycles. The molecule has 33 heavy (non-hydrogen) atoms. The molecule has 1 amide bonds. The summed E-state index contributed by atoms with van der Waals surface area (Å²) in [6, 6.07) is 38.7. The third kappa shape index (κ3) is 5.18. The molecule has 0 bridgehead atoms. The highest BCUT2D eigenvalue weighted by Gasteiger charge is 2.35. The van der Waals surface area contributed by atoms with Gasteiger partial charge in [-0.25, -0.2) is 0 Å². The Bertz CT molecular complexity index is 1180. The molecule has 0 aliphatic carbocycles. The standard InChI is InChI=1S/C29H27N3O/c30-28(25-19-11-4-12-20-25)32(21-22-13-5-1-6-14-22)27(24-17-9-3-10-18-24)26(29(31)33)23-15-7-2-8-16-23/h1-20,26-27,30H,21H2,(H2,31,33)/t26-,27+/m1/s1. The van der Waals surface area contributed by atoms with E-state index in [-0.39, 0.29) is 0 Å². The molecule has 0 radical (unpaired) electrons. The molecule has 0 heterocycles. The molecular formula is C29H27N3O. The summed E-state index contributed by atoms with van der Waals surface area (Å²) in [4.78, 5) is 14.9. The first-order valence-corrected chi connectivity index (χ1v) is 11.0. The van der Waals surface area contributed by atoms with Crippen LogP contribution in [-0.4, -0.2) is 16.6 Å². The van der Waals surface area contributed by atoms with Crippen LogP contribution in [0.15, 0.2) is 121 Å². The van der Waals surface area contributed by atoms with E-state index in [2.05, 4.69) is 0 Å². The van der Waals surface area contributed by atoms with Crippen LogP contribution < -0.4 is 5.73 Å². The monoisotopic (exact) mass is 433 g/mol. The lowest BCUT2D eigenvalue weighted by Gasteiger charge is -2.38. The maximum atomic E-state index is 13.0. The minimum absolute atomic E-state index is 0.343. The van der Waals surface area contributed by atoms with Crippen LogP contribution in [0.3, 0.4) is 0 Å². The van der Waals surface area contributed by atoms with Crippen molar-refractivity contribution in [2.45, 2.75) is 18.5 Å². The number of primary amides is 1. The molecule has 4 aromatic carbocycles. The van der Waals surface area contributed by atoms with Gasteiger partial charge < -0.3 is 10.6 Å². The second kappa shape index (κ2) is 10.4. The summed E-state index contributed by atoms with van der Waals surface area (Å²) in [6.45, 7) is 0.463. The van der Waals surface area contributed by atoms with E-state index in [1.165, 1.54) is 0 Å². The summed E-state index contributed by atoms with van der Waals surface area (Å²) in [5.74, 6) is -0.717. The van der Waals surface area contributed by atoms with Crippen molar-refractivity contribution in [3.8, 4) is 0 Å². The van der Waals surface area contributed by atoms with Crippen molar-refractivity contribution >= 4 is 11.7 Å². The average Bonchev–Trinajstić information content (AvgIpc) is 2.87. The van der Waals surface area contributed by atoms with Crippen molar-refractivity contribution in [3.05, 3.63) is 144 Å². The van der Waals surface area contributed by atoms with Crippen LogP contribution in [0.4, 0.5) is 0 Å². The summed E-state index contributed by atoms with van der Waals surface area (Å²) in [6.07, 6.45) is 0. The zero-order valence-corrected chi connectivity index (χ0v) is 18.3. The van der Waals surface area contributed by atoms with Gasteiger partial charge in [0.25, 0.3) is 0 Å². The highest BCUT2D eigenvalue weighted by Crippen LogP contribution is 2.38. The van der Waals surface area contributed by atoms with Crippen LogP contribution in [0, 0.1) is 5.41 Å². The fourth-order valence-corrected chi connectivity index (χ4v) is 4.22. The quantitative estimate of drug-likeness (QED) is 0.284. The highest BCUT2D eigenvalue weighted by atomic mass is 16.1. The van der Waals surface area contributed by atoms with Gasteiger partial charge in [-0.2, -0.15) is 0 Å². The molecule has 0 spiro atoms.